The summed E-state index contributed by atoms with van der Waals surface area (Å²) in [5.74, 6) is -2.04. The van der Waals surface area contributed by atoms with Gasteiger partial charge >= 0.3 is 0 Å². The Balaban J connectivity index is 2.29. The predicted molar refractivity (Wildman–Crippen MR) is 90.2 cm³/mol. The first-order valence-electron chi connectivity index (χ1n) is 8.04. The first kappa shape index (κ1) is 17.3. The van der Waals surface area contributed by atoms with E-state index in [4.69, 9.17) is 0 Å². The van der Waals surface area contributed by atoms with Gasteiger partial charge < -0.3 is 0 Å². The first-order chi connectivity index (χ1) is 10.7. The summed E-state index contributed by atoms with van der Waals surface area (Å²) in [5, 5.41) is 0. The molecule has 0 aromatic heterocycles. The molecular formula is C20H24O3. The maximum atomic E-state index is 12.9. The molecule has 1 aliphatic rings. The Morgan fingerprint density at radius 2 is 1.78 bits per heavy atom. The minimum Gasteiger partial charge on any atom is -0.298 e. The lowest BCUT2D eigenvalue weighted by molar-refractivity contribution is -0.144. The molecule has 0 bridgehead atoms. The van der Waals surface area contributed by atoms with E-state index >= 15 is 0 Å². The van der Waals surface area contributed by atoms with Crippen LogP contribution in [0.1, 0.15) is 50.9 Å². The van der Waals surface area contributed by atoms with Gasteiger partial charge in [0.2, 0.25) is 0 Å². The van der Waals surface area contributed by atoms with Crippen LogP contribution in [0.3, 0.4) is 0 Å². The molecule has 0 N–H and O–H groups in total. The smallest absolute Gasteiger partial charge is 0.180 e. The number of allylic oxidation sites excluding steroid dienone is 2. The van der Waals surface area contributed by atoms with E-state index in [0.29, 0.717) is 12.0 Å². The second-order valence-electron chi connectivity index (χ2n) is 7.13. The molecule has 3 heteroatoms. The predicted octanol–water partition coefficient (Wildman–Crippen LogP) is 4.03. The Bertz CT molecular complexity index is 649. The summed E-state index contributed by atoms with van der Waals surface area (Å²) < 4.78 is 0. The van der Waals surface area contributed by atoms with Crippen LogP contribution in [0.25, 0.3) is 0 Å². The molecule has 0 spiro atoms. The number of ketones is 3. The molecule has 0 radical (unpaired) electrons. The van der Waals surface area contributed by atoms with Crippen molar-refractivity contribution >= 4 is 17.3 Å². The molecule has 2 rings (SSSR count). The molecule has 2 atom stereocenters. The van der Waals surface area contributed by atoms with Crippen LogP contribution in [0.4, 0.5) is 0 Å². The lowest BCUT2D eigenvalue weighted by Crippen LogP contribution is -2.49. The molecule has 1 aromatic carbocycles. The molecule has 0 saturated heterocycles. The largest absolute Gasteiger partial charge is 0.298 e. The monoisotopic (exact) mass is 312 g/mol. The topological polar surface area (TPSA) is 51.2 Å². The van der Waals surface area contributed by atoms with E-state index in [1.54, 1.807) is 30.3 Å². The molecule has 1 aliphatic carbocycles. The average Bonchev–Trinajstić information content (AvgIpc) is 2.50. The maximum absolute atomic E-state index is 12.9. The van der Waals surface area contributed by atoms with Crippen LogP contribution in [0.5, 0.6) is 0 Å². The molecular weight excluding hydrogens is 288 g/mol. The Kier molecular flexibility index (Phi) is 4.98. The zero-order valence-electron chi connectivity index (χ0n) is 14.3. The summed E-state index contributed by atoms with van der Waals surface area (Å²) in [6, 6.07) is 8.61. The Morgan fingerprint density at radius 1 is 1.17 bits per heavy atom. The molecule has 1 aromatic rings. The van der Waals surface area contributed by atoms with Gasteiger partial charge in [0.1, 0.15) is 5.92 Å². The normalized spacial score (nSPS) is 23.5. The first-order valence-corrected chi connectivity index (χ1v) is 8.04. The van der Waals surface area contributed by atoms with E-state index in [9.17, 15) is 14.4 Å². The van der Waals surface area contributed by atoms with Crippen molar-refractivity contribution in [2.75, 3.05) is 0 Å². The van der Waals surface area contributed by atoms with Crippen molar-refractivity contribution in [2.24, 2.45) is 17.3 Å². The van der Waals surface area contributed by atoms with Crippen molar-refractivity contribution in [3.05, 3.63) is 47.5 Å². The number of Topliss-reactive ketones (excluding diaryl/α,β-unsaturated/α-hetero) is 3. The third kappa shape index (κ3) is 3.49. The fraction of sp³-hybridized carbons (Fsp3) is 0.450. The highest BCUT2D eigenvalue weighted by Gasteiger charge is 2.50. The summed E-state index contributed by atoms with van der Waals surface area (Å²) in [6.45, 7) is 7.72. The fourth-order valence-corrected chi connectivity index (χ4v) is 3.13. The van der Waals surface area contributed by atoms with Crippen molar-refractivity contribution in [2.45, 2.75) is 40.5 Å². The highest BCUT2D eigenvalue weighted by Crippen LogP contribution is 2.42. The fourth-order valence-electron chi connectivity index (χ4n) is 3.13. The van der Waals surface area contributed by atoms with Gasteiger partial charge in [-0.15, -0.1) is 0 Å². The molecule has 0 aliphatic heterocycles. The molecule has 0 amide bonds. The van der Waals surface area contributed by atoms with E-state index in [2.05, 4.69) is 6.08 Å². The van der Waals surface area contributed by atoms with Crippen LogP contribution in [0, 0.1) is 17.3 Å². The third-order valence-corrected chi connectivity index (χ3v) is 4.82. The van der Waals surface area contributed by atoms with E-state index in [1.165, 1.54) is 5.57 Å². The summed E-state index contributed by atoms with van der Waals surface area (Å²) in [5.41, 5.74) is 0.926. The Morgan fingerprint density at radius 3 is 2.35 bits per heavy atom. The SMILES string of the molecule is CC(C)=CCC1CC(=O)C(C(=O)c2ccccc2)C(=O)C1(C)C. The molecule has 122 valence electrons. The average molecular weight is 312 g/mol. The van der Waals surface area contributed by atoms with Crippen molar-refractivity contribution in [3.8, 4) is 0 Å². The molecule has 3 nitrogen and oxygen atoms in total. The lowest BCUT2D eigenvalue weighted by Gasteiger charge is -2.39. The molecule has 1 saturated carbocycles. The molecule has 23 heavy (non-hydrogen) atoms. The van der Waals surface area contributed by atoms with Crippen LogP contribution in [-0.4, -0.2) is 17.3 Å². The third-order valence-electron chi connectivity index (χ3n) is 4.82. The van der Waals surface area contributed by atoms with E-state index in [1.807, 2.05) is 27.7 Å². The summed E-state index contributed by atoms with van der Waals surface area (Å²) >= 11 is 0. The summed E-state index contributed by atoms with van der Waals surface area (Å²) in [4.78, 5) is 38.0. The second-order valence-corrected chi connectivity index (χ2v) is 7.13. The number of carbonyl (C=O) groups excluding carboxylic acids is 3. The quantitative estimate of drug-likeness (QED) is 0.479. The number of benzene rings is 1. The molecule has 2 unspecified atom stereocenters. The minimum absolute atomic E-state index is 0.0442. The van der Waals surface area contributed by atoms with Gasteiger partial charge in [0.15, 0.2) is 17.3 Å². The van der Waals surface area contributed by atoms with Gasteiger partial charge in [-0.3, -0.25) is 14.4 Å². The van der Waals surface area contributed by atoms with Crippen LogP contribution in [0.2, 0.25) is 0 Å². The van der Waals surface area contributed by atoms with Gasteiger partial charge in [-0.25, -0.2) is 0 Å². The number of rotatable bonds is 4. The zero-order valence-corrected chi connectivity index (χ0v) is 14.3. The number of carbonyl (C=O) groups is 3. The zero-order chi connectivity index (χ0) is 17.2. The van der Waals surface area contributed by atoms with Gasteiger partial charge in [-0.2, -0.15) is 0 Å². The van der Waals surface area contributed by atoms with E-state index < -0.39 is 11.3 Å². The number of hydrogen-bond acceptors (Lipinski definition) is 3. The Labute approximate surface area is 137 Å². The highest BCUT2D eigenvalue weighted by molar-refractivity contribution is 6.26. The van der Waals surface area contributed by atoms with Gasteiger partial charge in [-0.05, 0) is 26.2 Å². The Hall–Kier alpha value is -2.03. The summed E-state index contributed by atoms with van der Waals surface area (Å²) in [6.07, 6.45) is 3.04. The maximum Gasteiger partial charge on any atom is 0.180 e. The van der Waals surface area contributed by atoms with E-state index in [-0.39, 0.29) is 29.7 Å². The van der Waals surface area contributed by atoms with Crippen LogP contribution >= 0.6 is 0 Å². The van der Waals surface area contributed by atoms with Crippen molar-refractivity contribution in [1.82, 2.24) is 0 Å². The molecule has 0 heterocycles. The van der Waals surface area contributed by atoms with Gasteiger partial charge in [0.05, 0.1) is 0 Å². The van der Waals surface area contributed by atoms with Crippen molar-refractivity contribution in [1.29, 1.82) is 0 Å². The number of hydrogen-bond donors (Lipinski definition) is 0. The minimum atomic E-state index is -1.14. The van der Waals surface area contributed by atoms with Gasteiger partial charge in [0.25, 0.3) is 0 Å². The van der Waals surface area contributed by atoms with Gasteiger partial charge in [-0.1, -0.05) is 55.8 Å². The van der Waals surface area contributed by atoms with Crippen molar-refractivity contribution in [3.63, 3.8) is 0 Å². The highest BCUT2D eigenvalue weighted by atomic mass is 16.2. The van der Waals surface area contributed by atoms with Crippen LogP contribution in [0.15, 0.2) is 42.0 Å². The van der Waals surface area contributed by atoms with E-state index in [0.717, 1.165) is 0 Å². The van der Waals surface area contributed by atoms with Gasteiger partial charge in [0, 0.05) is 17.4 Å². The standard InChI is InChI=1S/C20H24O3/c1-13(2)10-11-15-12-16(21)17(19(23)20(15,3)4)18(22)14-8-6-5-7-9-14/h5-10,15,17H,11-12H2,1-4H3. The second kappa shape index (κ2) is 6.61. The summed E-state index contributed by atoms with van der Waals surface area (Å²) in [7, 11) is 0. The lowest BCUT2D eigenvalue weighted by atomic mass is 9.61. The van der Waals surface area contributed by atoms with Crippen LogP contribution in [-0.2, 0) is 9.59 Å². The van der Waals surface area contributed by atoms with Crippen LogP contribution < -0.4 is 0 Å². The molecule has 1 fully saturated rings. The van der Waals surface area contributed by atoms with Crippen molar-refractivity contribution < 1.29 is 14.4 Å².